The van der Waals surface area contributed by atoms with Crippen molar-refractivity contribution in [1.29, 1.82) is 0 Å². The van der Waals surface area contributed by atoms with E-state index in [4.69, 9.17) is 16.3 Å². The minimum atomic E-state index is -0.709. The van der Waals surface area contributed by atoms with E-state index in [1.54, 1.807) is 6.07 Å². The molecule has 1 aromatic carbocycles. The van der Waals surface area contributed by atoms with Crippen molar-refractivity contribution in [3.63, 3.8) is 0 Å². The Bertz CT molecular complexity index is 694. The Morgan fingerprint density at radius 2 is 2.19 bits per heavy atom. The monoisotopic (exact) mass is 420 g/mol. The molecule has 2 fully saturated rings. The molecule has 2 aliphatic heterocycles. The van der Waals surface area contributed by atoms with E-state index in [2.05, 4.69) is 21.5 Å². The van der Waals surface area contributed by atoms with Crippen LogP contribution in [0.5, 0.6) is 0 Å². The van der Waals surface area contributed by atoms with Crippen molar-refractivity contribution in [3.8, 4) is 0 Å². The molecule has 2 saturated heterocycles. The van der Waals surface area contributed by atoms with E-state index in [9.17, 15) is 14.0 Å². The summed E-state index contributed by atoms with van der Waals surface area (Å²) in [6.45, 7) is 1.62. The molecule has 0 radical (unpaired) electrons. The third kappa shape index (κ3) is 5.08. The van der Waals surface area contributed by atoms with Crippen LogP contribution >= 0.6 is 24.0 Å². The maximum Gasteiger partial charge on any atom is 0.307 e. The second-order valence-corrected chi connectivity index (χ2v) is 6.95. The number of esters is 1. The lowest BCUT2D eigenvalue weighted by atomic mass is 9.89. The fraction of sp³-hybridized carbons (Fsp3) is 0.529. The zero-order valence-corrected chi connectivity index (χ0v) is 16.3. The van der Waals surface area contributed by atoms with Crippen LogP contribution in [0.15, 0.2) is 18.2 Å². The average Bonchev–Trinajstić information content (AvgIpc) is 3.07. The van der Waals surface area contributed by atoms with Gasteiger partial charge in [-0.3, -0.25) is 15.0 Å². The number of ether oxygens (including phenoxy) is 1. The van der Waals surface area contributed by atoms with Gasteiger partial charge in [-0.1, -0.05) is 17.7 Å². The second-order valence-electron chi connectivity index (χ2n) is 6.54. The Morgan fingerprint density at radius 1 is 1.41 bits per heavy atom. The number of carbonyl (C=O) groups is 2. The molecule has 2 aliphatic rings. The number of hydrogen-bond donors (Lipinski definition) is 4. The number of rotatable bonds is 5. The van der Waals surface area contributed by atoms with Crippen molar-refractivity contribution in [1.82, 2.24) is 21.5 Å². The first kappa shape index (κ1) is 21.8. The van der Waals surface area contributed by atoms with Gasteiger partial charge in [-0.15, -0.1) is 12.4 Å². The van der Waals surface area contributed by atoms with Crippen LogP contribution in [0.3, 0.4) is 0 Å². The highest BCUT2D eigenvalue weighted by Gasteiger charge is 2.41. The van der Waals surface area contributed by atoms with Crippen molar-refractivity contribution in [3.05, 3.63) is 34.6 Å². The molecule has 1 amide bonds. The summed E-state index contributed by atoms with van der Waals surface area (Å²) in [5, 5.41) is 6.10. The molecule has 150 valence electrons. The quantitative estimate of drug-likeness (QED) is 0.532. The molecule has 4 unspecified atom stereocenters. The van der Waals surface area contributed by atoms with Crippen molar-refractivity contribution in [2.24, 2.45) is 5.92 Å². The number of benzene rings is 1. The van der Waals surface area contributed by atoms with Crippen LogP contribution in [0.2, 0.25) is 5.02 Å². The summed E-state index contributed by atoms with van der Waals surface area (Å²) >= 11 is 5.72. The zero-order valence-electron chi connectivity index (χ0n) is 14.8. The molecule has 2 heterocycles. The maximum atomic E-state index is 13.8. The number of piperidine rings is 1. The van der Waals surface area contributed by atoms with Crippen molar-refractivity contribution in [2.45, 2.75) is 31.0 Å². The Morgan fingerprint density at radius 3 is 2.89 bits per heavy atom. The van der Waals surface area contributed by atoms with E-state index < -0.39 is 23.9 Å². The van der Waals surface area contributed by atoms with Gasteiger partial charge in [-0.2, -0.15) is 0 Å². The van der Waals surface area contributed by atoms with Crippen LogP contribution in [0, 0.1) is 11.7 Å². The lowest BCUT2D eigenvalue weighted by Gasteiger charge is -2.28. The molecule has 4 N–H and O–H groups in total. The minimum absolute atomic E-state index is 0. The predicted molar refractivity (Wildman–Crippen MR) is 101 cm³/mol. The molecular weight excluding hydrogens is 398 g/mol. The SMILES string of the molecule is COC(=O)CC(NC(=O)C1NNC2CCNCC21)c1ccc(Cl)c(F)c1.Cl. The normalized spacial score (nSPS) is 25.1. The van der Waals surface area contributed by atoms with Gasteiger partial charge in [-0.05, 0) is 30.7 Å². The van der Waals surface area contributed by atoms with Gasteiger partial charge in [0.1, 0.15) is 11.9 Å². The molecule has 0 aliphatic carbocycles. The highest BCUT2D eigenvalue weighted by atomic mass is 35.5. The molecule has 4 atom stereocenters. The van der Waals surface area contributed by atoms with Gasteiger partial charge >= 0.3 is 5.97 Å². The maximum absolute atomic E-state index is 13.8. The van der Waals surface area contributed by atoms with E-state index >= 15 is 0 Å². The Labute approximate surface area is 168 Å². The predicted octanol–water partition coefficient (Wildman–Crippen LogP) is 1.08. The molecule has 0 bridgehead atoms. The van der Waals surface area contributed by atoms with Gasteiger partial charge in [0.15, 0.2) is 0 Å². The molecular formula is C17H23Cl2FN4O3. The highest BCUT2D eigenvalue weighted by Crippen LogP contribution is 2.25. The summed E-state index contributed by atoms with van der Waals surface area (Å²) in [7, 11) is 1.27. The number of amides is 1. The molecule has 7 nitrogen and oxygen atoms in total. The lowest BCUT2D eigenvalue weighted by molar-refractivity contribution is -0.141. The van der Waals surface area contributed by atoms with E-state index in [0.717, 1.165) is 19.5 Å². The number of methoxy groups -OCH3 is 1. The van der Waals surface area contributed by atoms with Gasteiger partial charge in [0.25, 0.3) is 0 Å². The second kappa shape index (κ2) is 9.66. The Kier molecular flexibility index (Phi) is 7.81. The number of fused-ring (bicyclic) bond motifs is 1. The van der Waals surface area contributed by atoms with Gasteiger partial charge < -0.3 is 15.4 Å². The van der Waals surface area contributed by atoms with Crippen LogP contribution in [0.4, 0.5) is 4.39 Å². The molecule has 0 spiro atoms. The topological polar surface area (TPSA) is 91.5 Å². The first-order valence-corrected chi connectivity index (χ1v) is 8.91. The first-order valence-electron chi connectivity index (χ1n) is 8.53. The van der Waals surface area contributed by atoms with Crippen LogP contribution in [0.1, 0.15) is 24.4 Å². The Balaban J connectivity index is 0.00000261. The summed E-state index contributed by atoms with van der Waals surface area (Å²) in [5.41, 5.74) is 6.63. The summed E-state index contributed by atoms with van der Waals surface area (Å²) in [4.78, 5) is 24.5. The molecule has 0 saturated carbocycles. The standard InChI is InChI=1S/C17H22ClFN4O3.ClH/c1-26-15(24)7-14(9-2-3-11(18)12(19)6-9)21-17(25)16-10-8-20-5-4-13(10)22-23-16;/h2-3,6,10,13-14,16,20,22-23H,4-5,7-8H2,1H3,(H,21,25);1H. The van der Waals surface area contributed by atoms with Crippen LogP contribution in [-0.4, -0.2) is 44.2 Å². The van der Waals surface area contributed by atoms with E-state index in [-0.39, 0.29) is 41.7 Å². The largest absolute Gasteiger partial charge is 0.469 e. The van der Waals surface area contributed by atoms with Gasteiger partial charge in [-0.25, -0.2) is 9.82 Å². The zero-order chi connectivity index (χ0) is 18.7. The summed E-state index contributed by atoms with van der Waals surface area (Å²) < 4.78 is 18.5. The lowest BCUT2D eigenvalue weighted by Crippen LogP contribution is -2.50. The molecule has 1 aromatic rings. The van der Waals surface area contributed by atoms with Crippen LogP contribution < -0.4 is 21.5 Å². The van der Waals surface area contributed by atoms with Crippen molar-refractivity contribution >= 4 is 35.9 Å². The van der Waals surface area contributed by atoms with Gasteiger partial charge in [0.05, 0.1) is 24.6 Å². The summed E-state index contributed by atoms with van der Waals surface area (Å²) in [5.74, 6) is -1.26. The third-order valence-electron chi connectivity index (χ3n) is 4.92. The summed E-state index contributed by atoms with van der Waals surface area (Å²) in [6.07, 6.45) is 0.825. The third-order valence-corrected chi connectivity index (χ3v) is 5.23. The number of carbonyl (C=O) groups excluding carboxylic acids is 2. The van der Waals surface area contributed by atoms with E-state index in [0.29, 0.717) is 5.56 Å². The number of hydrogen-bond acceptors (Lipinski definition) is 6. The molecule has 3 rings (SSSR count). The number of hydrazine groups is 1. The number of halogens is 3. The molecule has 0 aromatic heterocycles. The molecule has 27 heavy (non-hydrogen) atoms. The smallest absolute Gasteiger partial charge is 0.307 e. The van der Waals surface area contributed by atoms with Crippen molar-refractivity contribution in [2.75, 3.05) is 20.2 Å². The van der Waals surface area contributed by atoms with E-state index in [1.807, 2.05) is 0 Å². The molecule has 10 heteroatoms. The number of nitrogens with one attached hydrogen (secondary N) is 4. The van der Waals surface area contributed by atoms with Crippen LogP contribution in [0.25, 0.3) is 0 Å². The fourth-order valence-electron chi connectivity index (χ4n) is 3.47. The van der Waals surface area contributed by atoms with Gasteiger partial charge in [0, 0.05) is 18.5 Å². The summed E-state index contributed by atoms with van der Waals surface area (Å²) in [6, 6.07) is 3.29. The first-order chi connectivity index (χ1) is 12.5. The average molecular weight is 421 g/mol. The fourth-order valence-corrected chi connectivity index (χ4v) is 3.59. The van der Waals surface area contributed by atoms with Crippen molar-refractivity contribution < 1.29 is 18.7 Å². The highest BCUT2D eigenvalue weighted by molar-refractivity contribution is 6.30. The Hall–Kier alpha value is -1.45. The van der Waals surface area contributed by atoms with Gasteiger partial charge in [0.2, 0.25) is 5.91 Å². The van der Waals surface area contributed by atoms with E-state index in [1.165, 1.54) is 19.2 Å². The minimum Gasteiger partial charge on any atom is -0.469 e. The van der Waals surface area contributed by atoms with Crippen LogP contribution in [-0.2, 0) is 14.3 Å².